The summed E-state index contributed by atoms with van der Waals surface area (Å²) in [6.45, 7) is 4.54. The number of rotatable bonds is 8. The highest BCUT2D eigenvalue weighted by Gasteiger charge is 2.27. The lowest BCUT2D eigenvalue weighted by Crippen LogP contribution is -2.31. The quantitative estimate of drug-likeness (QED) is 0.648. The average Bonchev–Trinajstić information content (AvgIpc) is 2.67. The predicted molar refractivity (Wildman–Crippen MR) is 110 cm³/mol. The molecule has 6 nitrogen and oxygen atoms in total. The van der Waals surface area contributed by atoms with Gasteiger partial charge in [0.1, 0.15) is 10.6 Å². The maximum Gasteiger partial charge on any atom is 0.253 e. The van der Waals surface area contributed by atoms with Gasteiger partial charge in [-0.2, -0.15) is 4.31 Å². The Kier molecular flexibility index (Phi) is 7.46. The molecule has 0 aliphatic heterocycles. The smallest absolute Gasteiger partial charge is 0.253 e. The Bertz CT molecular complexity index is 943. The first-order chi connectivity index (χ1) is 13.2. The minimum absolute atomic E-state index is 0.0132. The Hall–Kier alpha value is -2.09. The number of methoxy groups -OCH3 is 1. The Morgan fingerprint density at radius 1 is 1.11 bits per heavy atom. The van der Waals surface area contributed by atoms with Crippen LogP contribution < -0.4 is 4.74 Å². The second-order valence-corrected chi connectivity index (χ2v) is 8.59. The summed E-state index contributed by atoms with van der Waals surface area (Å²) in [5.41, 5.74) is 1.16. The fourth-order valence-electron chi connectivity index (χ4n) is 2.92. The van der Waals surface area contributed by atoms with Gasteiger partial charge in [0.25, 0.3) is 5.91 Å². The second-order valence-electron chi connectivity index (χ2n) is 6.25. The van der Waals surface area contributed by atoms with Crippen LogP contribution in [0.2, 0.25) is 5.02 Å². The molecule has 1 amide bonds. The highest BCUT2D eigenvalue weighted by atomic mass is 35.5. The van der Waals surface area contributed by atoms with E-state index in [0.29, 0.717) is 24.7 Å². The molecule has 0 unspecified atom stereocenters. The van der Waals surface area contributed by atoms with E-state index in [9.17, 15) is 13.2 Å². The van der Waals surface area contributed by atoms with E-state index in [1.807, 2.05) is 12.1 Å². The van der Waals surface area contributed by atoms with Gasteiger partial charge in [-0.15, -0.1) is 0 Å². The third-order valence-corrected chi connectivity index (χ3v) is 6.70. The lowest BCUT2D eigenvalue weighted by molar-refractivity contribution is 0.0785. The van der Waals surface area contributed by atoms with Crippen LogP contribution in [0.1, 0.15) is 29.8 Å². The van der Waals surface area contributed by atoms with Crippen LogP contribution in [0.25, 0.3) is 0 Å². The highest BCUT2D eigenvalue weighted by molar-refractivity contribution is 7.89. The largest absolute Gasteiger partial charge is 0.495 e. The number of ether oxygens (including phenoxy) is 1. The Labute approximate surface area is 171 Å². The number of amides is 1. The third-order valence-electron chi connectivity index (χ3n) is 4.39. The van der Waals surface area contributed by atoms with E-state index in [1.54, 1.807) is 39.1 Å². The molecule has 2 aromatic rings. The van der Waals surface area contributed by atoms with Crippen LogP contribution in [0.5, 0.6) is 5.75 Å². The van der Waals surface area contributed by atoms with Crippen LogP contribution in [-0.2, 0) is 16.6 Å². The third kappa shape index (κ3) is 4.84. The molecule has 0 saturated carbocycles. The number of benzene rings is 2. The average molecular weight is 425 g/mol. The number of halogens is 1. The maximum atomic E-state index is 13.0. The van der Waals surface area contributed by atoms with Gasteiger partial charge >= 0.3 is 0 Å². The Morgan fingerprint density at radius 3 is 2.36 bits per heavy atom. The normalized spacial score (nSPS) is 11.5. The zero-order chi connectivity index (χ0) is 20.9. The molecule has 0 aliphatic carbocycles. The first-order valence-electron chi connectivity index (χ1n) is 8.92. The van der Waals surface area contributed by atoms with Gasteiger partial charge in [0.15, 0.2) is 0 Å². The van der Waals surface area contributed by atoms with Gasteiger partial charge in [0.05, 0.1) is 7.11 Å². The van der Waals surface area contributed by atoms with Crippen molar-refractivity contribution in [3.8, 4) is 5.75 Å². The van der Waals surface area contributed by atoms with Gasteiger partial charge < -0.3 is 9.64 Å². The van der Waals surface area contributed by atoms with Crippen molar-refractivity contribution in [3.05, 3.63) is 58.6 Å². The molecule has 0 heterocycles. The second kappa shape index (κ2) is 9.41. The zero-order valence-corrected chi connectivity index (χ0v) is 18.0. The molecule has 0 radical (unpaired) electrons. The number of carbonyl (C=O) groups is 1. The molecule has 0 fully saturated rings. The van der Waals surface area contributed by atoms with Crippen LogP contribution in [0.15, 0.2) is 47.4 Å². The van der Waals surface area contributed by atoms with Crippen LogP contribution in [-0.4, -0.2) is 50.8 Å². The van der Waals surface area contributed by atoms with Gasteiger partial charge in [-0.05, 0) is 35.9 Å². The van der Waals surface area contributed by atoms with Gasteiger partial charge in [0.2, 0.25) is 10.0 Å². The van der Waals surface area contributed by atoms with Gasteiger partial charge in [-0.25, -0.2) is 8.42 Å². The van der Waals surface area contributed by atoms with Crippen molar-refractivity contribution in [2.45, 2.75) is 25.3 Å². The van der Waals surface area contributed by atoms with Crippen molar-refractivity contribution >= 4 is 27.5 Å². The SMILES string of the molecule is CCN(CC)S(=O)(=O)c1cc(C(=O)N(C)Cc2cccc(Cl)c2)ccc1OC. The zero-order valence-electron chi connectivity index (χ0n) is 16.5. The Morgan fingerprint density at radius 2 is 1.79 bits per heavy atom. The van der Waals surface area contributed by atoms with Crippen LogP contribution in [0.4, 0.5) is 0 Å². The molecule has 28 heavy (non-hydrogen) atoms. The van der Waals surface area contributed by atoms with E-state index in [4.69, 9.17) is 16.3 Å². The molecule has 0 N–H and O–H groups in total. The highest BCUT2D eigenvalue weighted by Crippen LogP contribution is 2.28. The predicted octanol–water partition coefficient (Wildman–Crippen LogP) is 3.65. The van der Waals surface area contributed by atoms with Gasteiger partial charge in [-0.1, -0.05) is 37.6 Å². The molecule has 0 bridgehead atoms. The van der Waals surface area contributed by atoms with E-state index in [2.05, 4.69) is 0 Å². The molecule has 0 saturated heterocycles. The van der Waals surface area contributed by atoms with Crippen molar-refractivity contribution in [1.29, 1.82) is 0 Å². The minimum Gasteiger partial charge on any atom is -0.495 e. The standard InChI is InChI=1S/C20H25ClN2O4S/c1-5-23(6-2)28(25,26)19-13-16(10-11-18(19)27-4)20(24)22(3)14-15-8-7-9-17(21)12-15/h7-13H,5-6,14H2,1-4H3. The fraction of sp³-hybridized carbons (Fsp3) is 0.350. The monoisotopic (exact) mass is 424 g/mol. The van der Waals surface area contributed by atoms with E-state index < -0.39 is 10.0 Å². The summed E-state index contributed by atoms with van der Waals surface area (Å²) in [5.74, 6) is -0.0837. The molecule has 8 heteroatoms. The number of carbonyl (C=O) groups excluding carboxylic acids is 1. The first kappa shape index (κ1) is 22.2. The van der Waals surface area contributed by atoms with Crippen molar-refractivity contribution in [2.75, 3.05) is 27.2 Å². The van der Waals surface area contributed by atoms with Crippen molar-refractivity contribution < 1.29 is 17.9 Å². The number of hydrogen-bond donors (Lipinski definition) is 0. The molecule has 0 spiro atoms. The fourth-order valence-corrected chi connectivity index (χ4v) is 4.77. The summed E-state index contributed by atoms with van der Waals surface area (Å²) in [4.78, 5) is 14.4. The lowest BCUT2D eigenvalue weighted by atomic mass is 10.1. The van der Waals surface area contributed by atoms with Crippen LogP contribution >= 0.6 is 11.6 Å². The van der Waals surface area contributed by atoms with Crippen LogP contribution in [0, 0.1) is 0 Å². The van der Waals surface area contributed by atoms with E-state index in [0.717, 1.165) is 5.56 Å². The maximum absolute atomic E-state index is 13.0. The minimum atomic E-state index is -3.77. The Balaban J connectivity index is 2.37. The number of sulfonamides is 1. The number of hydrogen-bond acceptors (Lipinski definition) is 4. The molecule has 2 aromatic carbocycles. The van der Waals surface area contributed by atoms with Crippen molar-refractivity contribution in [2.24, 2.45) is 0 Å². The molecular weight excluding hydrogens is 400 g/mol. The lowest BCUT2D eigenvalue weighted by Gasteiger charge is -2.22. The number of nitrogens with zero attached hydrogens (tertiary/aromatic N) is 2. The molecule has 0 atom stereocenters. The summed E-state index contributed by atoms with van der Waals surface area (Å²) in [6.07, 6.45) is 0. The summed E-state index contributed by atoms with van der Waals surface area (Å²) in [7, 11) is -0.705. The van der Waals surface area contributed by atoms with E-state index in [1.165, 1.54) is 28.4 Å². The van der Waals surface area contributed by atoms with E-state index in [-0.39, 0.29) is 22.1 Å². The van der Waals surface area contributed by atoms with Gasteiger partial charge in [0, 0.05) is 37.3 Å². The van der Waals surface area contributed by atoms with Crippen LogP contribution in [0.3, 0.4) is 0 Å². The molecule has 0 aliphatic rings. The summed E-state index contributed by atoms with van der Waals surface area (Å²) < 4.78 is 32.5. The summed E-state index contributed by atoms with van der Waals surface area (Å²) in [6, 6.07) is 11.7. The molecule has 2 rings (SSSR count). The molecule has 0 aromatic heterocycles. The first-order valence-corrected chi connectivity index (χ1v) is 10.7. The van der Waals surface area contributed by atoms with Crippen molar-refractivity contribution in [1.82, 2.24) is 9.21 Å². The molecule has 152 valence electrons. The summed E-state index contributed by atoms with van der Waals surface area (Å²) >= 11 is 6.00. The van der Waals surface area contributed by atoms with E-state index >= 15 is 0 Å². The summed E-state index contributed by atoms with van der Waals surface area (Å²) in [5, 5.41) is 0.593. The van der Waals surface area contributed by atoms with Crippen molar-refractivity contribution in [3.63, 3.8) is 0 Å². The topological polar surface area (TPSA) is 66.9 Å². The van der Waals surface area contributed by atoms with Gasteiger partial charge in [-0.3, -0.25) is 4.79 Å². The molecular formula is C20H25ClN2O4S.